The van der Waals surface area contributed by atoms with Crippen LogP contribution in [0.15, 0.2) is 30.5 Å². The molecule has 0 spiro atoms. The molecule has 1 aromatic heterocycles. The maximum Gasteiger partial charge on any atom is 0.311 e. The van der Waals surface area contributed by atoms with Crippen molar-refractivity contribution in [2.45, 2.75) is 26.4 Å². The Kier molecular flexibility index (Phi) is 4.40. The van der Waals surface area contributed by atoms with Crippen molar-refractivity contribution in [1.29, 1.82) is 0 Å². The maximum absolute atomic E-state index is 11.9. The molecule has 0 radical (unpaired) electrons. The number of ether oxygens (including phenoxy) is 1. The predicted molar refractivity (Wildman–Crippen MR) is 76.2 cm³/mol. The average Bonchev–Trinajstić information content (AvgIpc) is 2.82. The van der Waals surface area contributed by atoms with Crippen LogP contribution in [-0.4, -0.2) is 29.5 Å². The molecule has 1 heterocycles. The first-order chi connectivity index (χ1) is 9.61. The number of hydrogen-bond acceptors (Lipinski definition) is 3. The summed E-state index contributed by atoms with van der Waals surface area (Å²) in [6.45, 7) is 3.90. The van der Waals surface area contributed by atoms with E-state index in [1.807, 2.05) is 31.2 Å². The van der Waals surface area contributed by atoms with E-state index in [9.17, 15) is 9.59 Å². The molecule has 2 aromatic rings. The first kappa shape index (κ1) is 14.1. The number of nitrogens with one attached hydrogen (secondary N) is 2. The Balaban J connectivity index is 1.99. The minimum Gasteiger partial charge on any atom is -0.452 e. The summed E-state index contributed by atoms with van der Waals surface area (Å²) in [4.78, 5) is 26.5. The summed E-state index contributed by atoms with van der Waals surface area (Å²) in [6, 6.07) is 7.74. The van der Waals surface area contributed by atoms with Crippen LogP contribution in [0.2, 0.25) is 0 Å². The summed E-state index contributed by atoms with van der Waals surface area (Å²) in [5.41, 5.74) is 1.85. The molecule has 2 rings (SSSR count). The second-order valence-corrected chi connectivity index (χ2v) is 4.56. The van der Waals surface area contributed by atoms with Gasteiger partial charge in [0.05, 0.1) is 6.42 Å². The Hall–Kier alpha value is -2.30. The van der Waals surface area contributed by atoms with Crippen molar-refractivity contribution in [1.82, 2.24) is 10.3 Å². The first-order valence-corrected chi connectivity index (χ1v) is 6.64. The number of esters is 1. The third-order valence-electron chi connectivity index (χ3n) is 3.04. The Morgan fingerprint density at radius 2 is 2.10 bits per heavy atom. The lowest BCUT2D eigenvalue weighted by Crippen LogP contribution is -2.35. The molecule has 106 valence electrons. The van der Waals surface area contributed by atoms with Crippen molar-refractivity contribution < 1.29 is 14.3 Å². The van der Waals surface area contributed by atoms with Crippen molar-refractivity contribution in [2.24, 2.45) is 0 Å². The highest BCUT2D eigenvalue weighted by Crippen LogP contribution is 2.18. The molecule has 1 atom stereocenters. The van der Waals surface area contributed by atoms with Crippen molar-refractivity contribution in [3.63, 3.8) is 0 Å². The van der Waals surface area contributed by atoms with Gasteiger partial charge < -0.3 is 15.0 Å². The molecule has 0 aliphatic carbocycles. The van der Waals surface area contributed by atoms with Gasteiger partial charge in [0, 0.05) is 23.6 Å². The fraction of sp³-hybridized carbons (Fsp3) is 0.333. The highest BCUT2D eigenvalue weighted by molar-refractivity contribution is 5.88. The van der Waals surface area contributed by atoms with Crippen LogP contribution in [0.25, 0.3) is 10.9 Å². The van der Waals surface area contributed by atoms with E-state index in [-0.39, 0.29) is 12.3 Å². The number of H-pyrrole nitrogens is 1. The van der Waals surface area contributed by atoms with E-state index >= 15 is 0 Å². The minimum atomic E-state index is -0.771. The molecule has 0 bridgehead atoms. The molecular weight excluding hydrogens is 256 g/mol. The Bertz CT molecular complexity index is 618. The van der Waals surface area contributed by atoms with Gasteiger partial charge in [0.2, 0.25) is 0 Å². The zero-order valence-corrected chi connectivity index (χ0v) is 11.6. The Morgan fingerprint density at radius 1 is 1.35 bits per heavy atom. The van der Waals surface area contributed by atoms with Gasteiger partial charge in [-0.2, -0.15) is 0 Å². The zero-order chi connectivity index (χ0) is 14.5. The van der Waals surface area contributed by atoms with Crippen LogP contribution < -0.4 is 5.32 Å². The zero-order valence-electron chi connectivity index (χ0n) is 11.6. The first-order valence-electron chi connectivity index (χ1n) is 6.64. The highest BCUT2D eigenvalue weighted by atomic mass is 16.5. The second-order valence-electron chi connectivity index (χ2n) is 4.56. The van der Waals surface area contributed by atoms with Gasteiger partial charge in [-0.3, -0.25) is 9.59 Å². The average molecular weight is 274 g/mol. The molecule has 0 aliphatic heterocycles. The van der Waals surface area contributed by atoms with E-state index in [0.717, 1.165) is 16.5 Å². The number of aromatic nitrogens is 1. The van der Waals surface area contributed by atoms with Gasteiger partial charge in [0.1, 0.15) is 0 Å². The number of carbonyl (C=O) groups excluding carboxylic acids is 2. The van der Waals surface area contributed by atoms with Crippen LogP contribution in [0.5, 0.6) is 0 Å². The Morgan fingerprint density at radius 3 is 2.85 bits per heavy atom. The maximum atomic E-state index is 11.9. The number of likely N-dealkylation sites (N-methyl/N-ethyl adjacent to an activating group) is 1. The van der Waals surface area contributed by atoms with Crippen LogP contribution in [0.1, 0.15) is 19.4 Å². The monoisotopic (exact) mass is 274 g/mol. The molecule has 0 saturated heterocycles. The summed E-state index contributed by atoms with van der Waals surface area (Å²) >= 11 is 0. The minimum absolute atomic E-state index is 0.147. The molecule has 20 heavy (non-hydrogen) atoms. The van der Waals surface area contributed by atoms with Crippen LogP contribution >= 0.6 is 0 Å². The molecule has 1 amide bonds. The topological polar surface area (TPSA) is 71.2 Å². The van der Waals surface area contributed by atoms with E-state index in [1.165, 1.54) is 0 Å². The van der Waals surface area contributed by atoms with Crippen LogP contribution in [0.3, 0.4) is 0 Å². The Labute approximate surface area is 117 Å². The lowest BCUT2D eigenvalue weighted by atomic mass is 10.1. The summed E-state index contributed by atoms with van der Waals surface area (Å²) < 4.78 is 5.12. The number of amides is 1. The van der Waals surface area contributed by atoms with Crippen molar-refractivity contribution >= 4 is 22.8 Å². The van der Waals surface area contributed by atoms with Gasteiger partial charge in [-0.1, -0.05) is 18.2 Å². The van der Waals surface area contributed by atoms with Gasteiger partial charge in [-0.15, -0.1) is 0 Å². The fourth-order valence-corrected chi connectivity index (χ4v) is 2.04. The van der Waals surface area contributed by atoms with E-state index < -0.39 is 12.1 Å². The fourth-order valence-electron chi connectivity index (χ4n) is 2.04. The molecule has 0 saturated carbocycles. The molecule has 5 nitrogen and oxygen atoms in total. The smallest absolute Gasteiger partial charge is 0.311 e. The molecule has 1 aromatic carbocycles. The van der Waals surface area contributed by atoms with E-state index in [4.69, 9.17) is 4.74 Å². The van der Waals surface area contributed by atoms with E-state index in [0.29, 0.717) is 6.54 Å². The molecule has 0 fully saturated rings. The van der Waals surface area contributed by atoms with Crippen molar-refractivity contribution in [3.05, 3.63) is 36.0 Å². The van der Waals surface area contributed by atoms with Crippen LogP contribution in [0.4, 0.5) is 0 Å². The summed E-state index contributed by atoms with van der Waals surface area (Å²) in [5.74, 6) is -0.687. The SMILES string of the molecule is CCNC(=O)[C@@H](C)OC(=O)Cc1c[nH]c2ccccc12. The predicted octanol–water partition coefficient (Wildman–Crippen LogP) is 1.78. The number of para-hydroxylation sites is 1. The second kappa shape index (κ2) is 6.23. The molecule has 5 heteroatoms. The quantitative estimate of drug-likeness (QED) is 0.816. The number of rotatable bonds is 5. The van der Waals surface area contributed by atoms with Gasteiger partial charge in [0.25, 0.3) is 5.91 Å². The molecule has 0 aliphatic rings. The lowest BCUT2D eigenvalue weighted by Gasteiger charge is -2.12. The number of fused-ring (bicyclic) bond motifs is 1. The van der Waals surface area contributed by atoms with Gasteiger partial charge in [-0.05, 0) is 25.5 Å². The van der Waals surface area contributed by atoms with Gasteiger partial charge in [-0.25, -0.2) is 0 Å². The third-order valence-corrected chi connectivity index (χ3v) is 3.04. The molecular formula is C15H18N2O3. The van der Waals surface area contributed by atoms with Crippen molar-refractivity contribution in [3.8, 4) is 0 Å². The lowest BCUT2D eigenvalue weighted by molar-refractivity contribution is -0.154. The summed E-state index contributed by atoms with van der Waals surface area (Å²) in [5, 5.41) is 3.61. The van der Waals surface area contributed by atoms with Gasteiger partial charge >= 0.3 is 5.97 Å². The molecule has 0 unspecified atom stereocenters. The number of aromatic amines is 1. The van der Waals surface area contributed by atoms with E-state index in [2.05, 4.69) is 10.3 Å². The normalized spacial score (nSPS) is 12.1. The highest BCUT2D eigenvalue weighted by Gasteiger charge is 2.18. The van der Waals surface area contributed by atoms with E-state index in [1.54, 1.807) is 13.1 Å². The number of benzene rings is 1. The summed E-state index contributed by atoms with van der Waals surface area (Å²) in [6.07, 6.45) is 1.17. The third kappa shape index (κ3) is 3.17. The summed E-state index contributed by atoms with van der Waals surface area (Å²) in [7, 11) is 0. The number of hydrogen-bond donors (Lipinski definition) is 2. The largest absolute Gasteiger partial charge is 0.452 e. The van der Waals surface area contributed by atoms with Crippen molar-refractivity contribution in [2.75, 3.05) is 6.54 Å². The molecule has 2 N–H and O–H groups in total. The standard InChI is InChI=1S/C15H18N2O3/c1-3-16-15(19)10(2)20-14(18)8-11-9-17-13-7-5-4-6-12(11)13/h4-7,9-10,17H,3,8H2,1-2H3,(H,16,19)/t10-/m1/s1. The number of carbonyl (C=O) groups is 2. The van der Waals surface area contributed by atoms with Gasteiger partial charge in [0.15, 0.2) is 6.10 Å². The van der Waals surface area contributed by atoms with Crippen LogP contribution in [-0.2, 0) is 20.7 Å². The van der Waals surface area contributed by atoms with Crippen LogP contribution in [0, 0.1) is 0 Å².